The molecule has 0 unspecified atom stereocenters. The van der Waals surface area contributed by atoms with Crippen LogP contribution in [0.15, 0.2) is 22.7 Å². The molecule has 2 rings (SSSR count). The number of amides is 2. The third kappa shape index (κ3) is 4.39. The van der Waals surface area contributed by atoms with E-state index in [1.54, 1.807) is 32.9 Å². The Bertz CT molecular complexity index is 712. The number of rotatable bonds is 5. The second-order valence-corrected chi connectivity index (χ2v) is 8.09. The van der Waals surface area contributed by atoms with Crippen molar-refractivity contribution < 1.29 is 19.1 Å². The van der Waals surface area contributed by atoms with E-state index in [0.717, 1.165) is 10.0 Å². The second kappa shape index (κ2) is 7.15. The van der Waals surface area contributed by atoms with Crippen LogP contribution in [0.4, 0.5) is 0 Å². The van der Waals surface area contributed by atoms with Gasteiger partial charge in [0.1, 0.15) is 11.6 Å². The van der Waals surface area contributed by atoms with E-state index in [2.05, 4.69) is 15.9 Å². The molecule has 0 radical (unpaired) electrons. The summed E-state index contributed by atoms with van der Waals surface area (Å²) in [6.07, 6.45) is 0.135. The minimum absolute atomic E-state index is 0.000446. The first kappa shape index (κ1) is 19.4. The first-order valence-electron chi connectivity index (χ1n) is 8.14. The average molecular weight is 411 g/mol. The van der Waals surface area contributed by atoms with Gasteiger partial charge in [0.05, 0.1) is 6.04 Å². The maximum absolute atomic E-state index is 12.9. The molecule has 0 aliphatic carbocycles. The number of fused-ring (bicyclic) bond motifs is 1. The number of benzene rings is 1. The SMILES string of the molecule is C[C@H]1c2cc(Br)ccc2C(=O)N1[C@@H](CCC(N)=O)C(=O)OC(C)(C)C. The van der Waals surface area contributed by atoms with E-state index < -0.39 is 23.5 Å². The zero-order chi connectivity index (χ0) is 18.9. The molecule has 1 aromatic carbocycles. The Labute approximate surface area is 155 Å². The van der Waals surface area contributed by atoms with Crippen molar-refractivity contribution in [1.29, 1.82) is 0 Å². The molecular weight excluding hydrogens is 388 g/mol. The monoisotopic (exact) mass is 410 g/mol. The predicted octanol–water partition coefficient (Wildman–Crippen LogP) is 2.94. The highest BCUT2D eigenvalue weighted by molar-refractivity contribution is 9.10. The molecule has 2 atom stereocenters. The van der Waals surface area contributed by atoms with E-state index in [1.807, 2.05) is 13.0 Å². The Balaban J connectivity index is 2.35. The average Bonchev–Trinajstić information content (AvgIpc) is 2.70. The zero-order valence-corrected chi connectivity index (χ0v) is 16.4. The largest absolute Gasteiger partial charge is 0.458 e. The van der Waals surface area contributed by atoms with Gasteiger partial charge in [-0.1, -0.05) is 15.9 Å². The molecule has 0 spiro atoms. The van der Waals surface area contributed by atoms with Crippen LogP contribution in [0, 0.1) is 0 Å². The summed E-state index contributed by atoms with van der Waals surface area (Å²) in [5.41, 5.74) is 5.95. The maximum Gasteiger partial charge on any atom is 0.329 e. The van der Waals surface area contributed by atoms with Crippen molar-refractivity contribution in [2.24, 2.45) is 5.73 Å². The third-order valence-electron chi connectivity index (χ3n) is 4.02. The van der Waals surface area contributed by atoms with Crippen molar-refractivity contribution in [3.63, 3.8) is 0 Å². The van der Waals surface area contributed by atoms with E-state index >= 15 is 0 Å². The van der Waals surface area contributed by atoms with Crippen molar-refractivity contribution in [1.82, 2.24) is 4.90 Å². The molecule has 1 heterocycles. The number of hydrogen-bond donors (Lipinski definition) is 1. The molecule has 0 saturated heterocycles. The molecule has 6 nitrogen and oxygen atoms in total. The zero-order valence-electron chi connectivity index (χ0n) is 14.8. The van der Waals surface area contributed by atoms with Crippen molar-refractivity contribution in [2.45, 2.75) is 58.2 Å². The number of nitrogens with two attached hydrogens (primary N) is 1. The minimum atomic E-state index is -0.861. The fourth-order valence-electron chi connectivity index (χ4n) is 2.97. The summed E-state index contributed by atoms with van der Waals surface area (Å²) in [6.45, 7) is 7.14. The molecule has 2 N–H and O–H groups in total. The fraction of sp³-hybridized carbons (Fsp3) is 0.500. The minimum Gasteiger partial charge on any atom is -0.458 e. The Morgan fingerprint density at radius 1 is 1.36 bits per heavy atom. The first-order valence-corrected chi connectivity index (χ1v) is 8.94. The lowest BCUT2D eigenvalue weighted by atomic mass is 10.0. The van der Waals surface area contributed by atoms with Crippen molar-refractivity contribution >= 4 is 33.7 Å². The normalized spacial score (nSPS) is 18.0. The summed E-state index contributed by atoms with van der Waals surface area (Å²) in [4.78, 5) is 38.3. The van der Waals surface area contributed by atoms with Gasteiger partial charge in [-0.05, 0) is 57.9 Å². The van der Waals surface area contributed by atoms with Gasteiger partial charge in [0.25, 0.3) is 5.91 Å². The molecule has 7 heteroatoms. The van der Waals surface area contributed by atoms with E-state index in [0.29, 0.717) is 5.56 Å². The number of carbonyl (C=O) groups is 3. The number of primary amides is 1. The van der Waals surface area contributed by atoms with Gasteiger partial charge in [-0.3, -0.25) is 9.59 Å². The van der Waals surface area contributed by atoms with Gasteiger partial charge in [0.15, 0.2) is 0 Å². The summed E-state index contributed by atoms with van der Waals surface area (Å²) in [6, 6.07) is 4.24. The van der Waals surface area contributed by atoms with Crippen LogP contribution in [0.5, 0.6) is 0 Å². The highest BCUT2D eigenvalue weighted by Crippen LogP contribution is 2.37. The summed E-state index contributed by atoms with van der Waals surface area (Å²) < 4.78 is 6.33. The summed E-state index contributed by atoms with van der Waals surface area (Å²) in [7, 11) is 0. The molecule has 0 aromatic heterocycles. The number of nitrogens with zero attached hydrogens (tertiary/aromatic N) is 1. The molecule has 0 fully saturated rings. The van der Waals surface area contributed by atoms with Gasteiger partial charge >= 0.3 is 5.97 Å². The number of esters is 1. The second-order valence-electron chi connectivity index (χ2n) is 7.17. The fourth-order valence-corrected chi connectivity index (χ4v) is 3.35. The van der Waals surface area contributed by atoms with E-state index in [-0.39, 0.29) is 24.8 Å². The Morgan fingerprint density at radius 2 is 2.00 bits per heavy atom. The number of carbonyl (C=O) groups excluding carboxylic acids is 3. The first-order chi connectivity index (χ1) is 11.5. The predicted molar refractivity (Wildman–Crippen MR) is 96.8 cm³/mol. The molecule has 0 saturated carbocycles. The summed E-state index contributed by atoms with van der Waals surface area (Å²) >= 11 is 3.41. The van der Waals surface area contributed by atoms with Gasteiger partial charge < -0.3 is 15.4 Å². The van der Waals surface area contributed by atoms with Crippen LogP contribution in [0.1, 0.15) is 62.5 Å². The van der Waals surface area contributed by atoms with Gasteiger partial charge in [-0.25, -0.2) is 4.79 Å². The smallest absolute Gasteiger partial charge is 0.329 e. The van der Waals surface area contributed by atoms with E-state index in [9.17, 15) is 14.4 Å². The lowest BCUT2D eigenvalue weighted by Crippen LogP contribution is -2.46. The molecule has 0 bridgehead atoms. The van der Waals surface area contributed by atoms with Crippen molar-refractivity contribution in [3.8, 4) is 0 Å². The van der Waals surface area contributed by atoms with Gasteiger partial charge in [0, 0.05) is 16.5 Å². The van der Waals surface area contributed by atoms with Crippen LogP contribution < -0.4 is 5.73 Å². The summed E-state index contributed by atoms with van der Waals surface area (Å²) in [5.74, 6) is -1.29. The Hall–Kier alpha value is -1.89. The molecular formula is C18H23BrN2O4. The van der Waals surface area contributed by atoms with Crippen molar-refractivity contribution in [3.05, 3.63) is 33.8 Å². The maximum atomic E-state index is 12.9. The van der Waals surface area contributed by atoms with Crippen molar-refractivity contribution in [2.75, 3.05) is 0 Å². The number of halogens is 1. The van der Waals surface area contributed by atoms with E-state index in [1.165, 1.54) is 4.90 Å². The van der Waals surface area contributed by atoms with Crippen LogP contribution in [-0.2, 0) is 14.3 Å². The van der Waals surface area contributed by atoms with Crippen LogP contribution in [0.3, 0.4) is 0 Å². The number of ether oxygens (including phenoxy) is 1. The molecule has 1 aliphatic heterocycles. The molecule has 1 aliphatic rings. The topological polar surface area (TPSA) is 89.7 Å². The number of hydrogen-bond acceptors (Lipinski definition) is 4. The van der Waals surface area contributed by atoms with Gasteiger partial charge in [-0.15, -0.1) is 0 Å². The van der Waals surface area contributed by atoms with Gasteiger partial charge in [0.2, 0.25) is 5.91 Å². The highest BCUT2D eigenvalue weighted by Gasteiger charge is 2.42. The Kier molecular flexibility index (Phi) is 5.56. The third-order valence-corrected chi connectivity index (χ3v) is 4.52. The van der Waals surface area contributed by atoms with Crippen LogP contribution in [0.25, 0.3) is 0 Å². The molecule has 136 valence electrons. The quantitative estimate of drug-likeness (QED) is 0.755. The van der Waals surface area contributed by atoms with Crippen LogP contribution in [-0.4, -0.2) is 34.3 Å². The standard InChI is InChI=1S/C18H23BrN2O4/c1-10-13-9-11(19)5-6-12(13)16(23)21(10)14(7-8-15(20)22)17(24)25-18(2,3)4/h5-6,9-10,14H,7-8H2,1-4H3,(H2,20,22)/t10-,14-/m0/s1. The van der Waals surface area contributed by atoms with E-state index in [4.69, 9.17) is 10.5 Å². The molecule has 25 heavy (non-hydrogen) atoms. The summed E-state index contributed by atoms with van der Waals surface area (Å²) in [5, 5.41) is 0. The lowest BCUT2D eigenvalue weighted by Gasteiger charge is -2.32. The highest BCUT2D eigenvalue weighted by atomic mass is 79.9. The molecule has 2 amide bonds. The van der Waals surface area contributed by atoms with Crippen LogP contribution in [0.2, 0.25) is 0 Å². The lowest BCUT2D eigenvalue weighted by molar-refractivity contribution is -0.161. The van der Waals surface area contributed by atoms with Crippen LogP contribution >= 0.6 is 15.9 Å². The Morgan fingerprint density at radius 3 is 2.56 bits per heavy atom. The van der Waals surface area contributed by atoms with Gasteiger partial charge in [-0.2, -0.15) is 0 Å². The molecule has 1 aromatic rings.